The van der Waals surface area contributed by atoms with Crippen molar-refractivity contribution in [2.24, 2.45) is 16.6 Å². The van der Waals surface area contributed by atoms with Crippen LogP contribution < -0.4 is 20.5 Å². The van der Waals surface area contributed by atoms with Gasteiger partial charge in [0.15, 0.2) is 17.5 Å². The first-order chi connectivity index (χ1) is 12.1. The van der Waals surface area contributed by atoms with Gasteiger partial charge in [-0.05, 0) is 36.1 Å². The van der Waals surface area contributed by atoms with Crippen LogP contribution in [-0.2, 0) is 13.0 Å². The Labute approximate surface area is 148 Å². The molecule has 0 radical (unpaired) electrons. The second kappa shape index (κ2) is 9.56. The topological polar surface area (TPSA) is 86.7 Å². The summed E-state index contributed by atoms with van der Waals surface area (Å²) in [5, 5.41) is 7.34. The number of hydrogen-bond acceptors (Lipinski definition) is 4. The molecule has 0 amide bonds. The van der Waals surface area contributed by atoms with Gasteiger partial charge < -0.3 is 20.5 Å². The fourth-order valence-electron chi connectivity index (χ4n) is 2.47. The second-order valence-corrected chi connectivity index (χ2v) is 5.93. The molecule has 0 saturated carbocycles. The molecule has 0 aliphatic carbocycles. The Morgan fingerprint density at radius 2 is 2.12 bits per heavy atom. The molecule has 7 heteroatoms. The lowest BCUT2D eigenvalue weighted by molar-refractivity contribution is 0.354. The minimum Gasteiger partial charge on any atom is -0.493 e. The fourth-order valence-corrected chi connectivity index (χ4v) is 2.47. The number of rotatable bonds is 9. The SMILES string of the molecule is COc1ccc(CCNC(N)=NCC(C)Cn2cccn2)cc1OC. The first-order valence-corrected chi connectivity index (χ1v) is 8.34. The van der Waals surface area contributed by atoms with E-state index in [0.717, 1.165) is 30.0 Å². The number of benzene rings is 1. The van der Waals surface area contributed by atoms with Crippen molar-refractivity contribution in [3.05, 3.63) is 42.2 Å². The van der Waals surface area contributed by atoms with Gasteiger partial charge in [-0.3, -0.25) is 9.67 Å². The molecular weight excluding hydrogens is 318 g/mol. The summed E-state index contributed by atoms with van der Waals surface area (Å²) in [6.45, 7) is 4.32. The van der Waals surface area contributed by atoms with E-state index in [9.17, 15) is 0 Å². The van der Waals surface area contributed by atoms with Gasteiger partial charge in [0.25, 0.3) is 0 Å². The monoisotopic (exact) mass is 345 g/mol. The lowest BCUT2D eigenvalue weighted by Gasteiger charge is -2.11. The first-order valence-electron chi connectivity index (χ1n) is 8.34. The molecule has 0 bridgehead atoms. The molecular formula is C18H27N5O2. The van der Waals surface area contributed by atoms with Crippen molar-refractivity contribution >= 4 is 5.96 Å². The van der Waals surface area contributed by atoms with E-state index in [-0.39, 0.29) is 0 Å². The van der Waals surface area contributed by atoms with E-state index in [1.54, 1.807) is 20.4 Å². The molecule has 0 spiro atoms. The Bertz CT molecular complexity index is 670. The quantitative estimate of drug-likeness (QED) is 0.533. The molecule has 136 valence electrons. The number of nitrogens with zero attached hydrogens (tertiary/aromatic N) is 3. The number of nitrogens with one attached hydrogen (secondary N) is 1. The van der Waals surface area contributed by atoms with Crippen LogP contribution in [0, 0.1) is 5.92 Å². The summed E-state index contributed by atoms with van der Waals surface area (Å²) in [7, 11) is 3.26. The Hall–Kier alpha value is -2.70. The standard InChI is InChI=1S/C18H27N5O2/c1-14(13-23-10-4-8-22-23)12-21-18(19)20-9-7-15-5-6-16(24-2)17(11-15)25-3/h4-6,8,10-11,14H,7,9,12-13H2,1-3H3,(H3,19,20,21). The van der Waals surface area contributed by atoms with Gasteiger partial charge in [-0.25, -0.2) is 0 Å². The fraction of sp³-hybridized carbons (Fsp3) is 0.444. The Kier molecular flexibility index (Phi) is 7.13. The van der Waals surface area contributed by atoms with E-state index in [2.05, 4.69) is 22.3 Å². The van der Waals surface area contributed by atoms with Gasteiger partial charge in [0.2, 0.25) is 0 Å². The van der Waals surface area contributed by atoms with Crippen LogP contribution in [0.4, 0.5) is 0 Å². The van der Waals surface area contributed by atoms with Crippen LogP contribution in [0.15, 0.2) is 41.7 Å². The predicted octanol–water partition coefficient (Wildman–Crippen LogP) is 1.68. The van der Waals surface area contributed by atoms with Crippen molar-refractivity contribution < 1.29 is 9.47 Å². The molecule has 3 N–H and O–H groups in total. The van der Waals surface area contributed by atoms with Crippen molar-refractivity contribution in [2.75, 3.05) is 27.3 Å². The van der Waals surface area contributed by atoms with Crippen molar-refractivity contribution in [2.45, 2.75) is 19.9 Å². The summed E-state index contributed by atoms with van der Waals surface area (Å²) >= 11 is 0. The predicted molar refractivity (Wildman–Crippen MR) is 99.1 cm³/mol. The van der Waals surface area contributed by atoms with E-state index in [1.165, 1.54) is 0 Å². The summed E-state index contributed by atoms with van der Waals surface area (Å²) in [4.78, 5) is 4.39. The van der Waals surface area contributed by atoms with E-state index < -0.39 is 0 Å². The molecule has 0 saturated heterocycles. The van der Waals surface area contributed by atoms with Crippen LogP contribution in [0.3, 0.4) is 0 Å². The van der Waals surface area contributed by atoms with Gasteiger partial charge >= 0.3 is 0 Å². The van der Waals surface area contributed by atoms with E-state index in [1.807, 2.05) is 35.1 Å². The second-order valence-electron chi connectivity index (χ2n) is 5.93. The van der Waals surface area contributed by atoms with Gasteiger partial charge in [-0.2, -0.15) is 5.10 Å². The number of aliphatic imine (C=N–C) groups is 1. The minimum absolute atomic E-state index is 0.367. The van der Waals surface area contributed by atoms with Crippen molar-refractivity contribution in [3.63, 3.8) is 0 Å². The molecule has 2 aromatic rings. The van der Waals surface area contributed by atoms with Crippen molar-refractivity contribution in [1.29, 1.82) is 0 Å². The third-order valence-corrected chi connectivity index (χ3v) is 3.80. The average molecular weight is 345 g/mol. The van der Waals surface area contributed by atoms with E-state index in [0.29, 0.717) is 25.0 Å². The maximum Gasteiger partial charge on any atom is 0.188 e. The van der Waals surface area contributed by atoms with Crippen LogP contribution in [0.5, 0.6) is 11.5 Å². The highest BCUT2D eigenvalue weighted by Crippen LogP contribution is 2.27. The summed E-state index contributed by atoms with van der Waals surface area (Å²) in [5.74, 6) is 2.29. The smallest absolute Gasteiger partial charge is 0.188 e. The molecule has 1 unspecified atom stereocenters. The highest BCUT2D eigenvalue weighted by Gasteiger charge is 2.05. The summed E-state index contributed by atoms with van der Waals surface area (Å²) in [6, 6.07) is 7.81. The van der Waals surface area contributed by atoms with E-state index >= 15 is 0 Å². The highest BCUT2D eigenvalue weighted by atomic mass is 16.5. The molecule has 2 rings (SSSR count). The van der Waals surface area contributed by atoms with Gasteiger partial charge in [0.05, 0.1) is 14.2 Å². The van der Waals surface area contributed by atoms with Crippen LogP contribution in [0.2, 0.25) is 0 Å². The van der Waals surface area contributed by atoms with Crippen molar-refractivity contribution in [3.8, 4) is 11.5 Å². The molecule has 1 aromatic carbocycles. The highest BCUT2D eigenvalue weighted by molar-refractivity contribution is 5.77. The van der Waals surface area contributed by atoms with Crippen LogP contribution >= 0.6 is 0 Å². The molecule has 7 nitrogen and oxygen atoms in total. The third-order valence-electron chi connectivity index (χ3n) is 3.80. The Balaban J connectivity index is 1.75. The summed E-state index contributed by atoms with van der Waals surface area (Å²) in [6.07, 6.45) is 4.55. The largest absolute Gasteiger partial charge is 0.493 e. The molecule has 0 fully saturated rings. The maximum absolute atomic E-state index is 5.93. The number of aromatic nitrogens is 2. The normalized spacial score (nSPS) is 12.7. The number of hydrogen-bond donors (Lipinski definition) is 2. The number of nitrogens with two attached hydrogens (primary N) is 1. The molecule has 1 atom stereocenters. The molecule has 0 aliphatic rings. The third kappa shape index (κ3) is 6.02. The molecule has 25 heavy (non-hydrogen) atoms. The lowest BCUT2D eigenvalue weighted by atomic mass is 10.1. The van der Waals surface area contributed by atoms with Gasteiger partial charge in [0.1, 0.15) is 0 Å². The zero-order valence-corrected chi connectivity index (χ0v) is 15.1. The molecule has 1 aromatic heterocycles. The number of guanidine groups is 1. The Morgan fingerprint density at radius 3 is 2.80 bits per heavy atom. The molecule has 0 aliphatic heterocycles. The summed E-state index contributed by atoms with van der Waals surface area (Å²) < 4.78 is 12.5. The van der Waals surface area contributed by atoms with Gasteiger partial charge in [-0.15, -0.1) is 0 Å². The van der Waals surface area contributed by atoms with Crippen LogP contribution in [0.1, 0.15) is 12.5 Å². The molecule has 1 heterocycles. The first kappa shape index (κ1) is 18.6. The number of ether oxygens (including phenoxy) is 2. The average Bonchev–Trinajstić information content (AvgIpc) is 3.12. The zero-order valence-electron chi connectivity index (χ0n) is 15.1. The zero-order chi connectivity index (χ0) is 18.1. The maximum atomic E-state index is 5.93. The van der Waals surface area contributed by atoms with E-state index in [4.69, 9.17) is 15.2 Å². The van der Waals surface area contributed by atoms with Crippen molar-refractivity contribution in [1.82, 2.24) is 15.1 Å². The lowest BCUT2D eigenvalue weighted by Crippen LogP contribution is -2.33. The summed E-state index contributed by atoms with van der Waals surface area (Å²) in [5.41, 5.74) is 7.08. The van der Waals surface area contributed by atoms with Crippen LogP contribution in [0.25, 0.3) is 0 Å². The Morgan fingerprint density at radius 1 is 1.32 bits per heavy atom. The minimum atomic E-state index is 0.367. The van der Waals surface area contributed by atoms with Gasteiger partial charge in [0, 0.05) is 32.0 Å². The van der Waals surface area contributed by atoms with Crippen LogP contribution in [-0.4, -0.2) is 43.0 Å². The van der Waals surface area contributed by atoms with Gasteiger partial charge in [-0.1, -0.05) is 13.0 Å². The number of methoxy groups -OCH3 is 2.